The predicted octanol–water partition coefficient (Wildman–Crippen LogP) is 6.12. The molecule has 0 unspecified atom stereocenters. The Labute approximate surface area is 228 Å². The number of halogens is 1. The van der Waals surface area contributed by atoms with Crippen LogP contribution in [0.4, 0.5) is 17.1 Å². The quantitative estimate of drug-likeness (QED) is 0.309. The predicted molar refractivity (Wildman–Crippen MR) is 153 cm³/mol. The largest absolute Gasteiger partial charge is 0.376 e. The van der Waals surface area contributed by atoms with Gasteiger partial charge in [-0.05, 0) is 68.3 Å². The number of hydrogen-bond acceptors (Lipinski definition) is 4. The highest BCUT2D eigenvalue weighted by molar-refractivity contribution is 6.34. The third-order valence-corrected chi connectivity index (χ3v) is 6.96. The number of hydrogen-bond donors (Lipinski definition) is 3. The van der Waals surface area contributed by atoms with Gasteiger partial charge < -0.3 is 20.9 Å². The lowest BCUT2D eigenvalue weighted by Crippen LogP contribution is -2.36. The summed E-state index contributed by atoms with van der Waals surface area (Å²) < 4.78 is 0. The lowest BCUT2D eigenvalue weighted by Gasteiger charge is -2.23. The van der Waals surface area contributed by atoms with E-state index in [1.807, 2.05) is 37.3 Å². The van der Waals surface area contributed by atoms with E-state index in [0.29, 0.717) is 34.1 Å². The molecule has 0 aromatic heterocycles. The molecule has 1 saturated carbocycles. The highest BCUT2D eigenvalue weighted by atomic mass is 35.5. The lowest BCUT2D eigenvalue weighted by molar-refractivity contribution is -0.114. The summed E-state index contributed by atoms with van der Waals surface area (Å²) in [5.41, 5.74) is 2.83. The molecule has 3 aromatic carbocycles. The van der Waals surface area contributed by atoms with Crippen LogP contribution in [-0.2, 0) is 4.79 Å². The Morgan fingerprint density at radius 2 is 1.66 bits per heavy atom. The summed E-state index contributed by atoms with van der Waals surface area (Å²) in [6.07, 6.45) is 5.38. The molecule has 3 amide bonds. The molecule has 1 aliphatic carbocycles. The average Bonchev–Trinajstić information content (AvgIpc) is 2.94. The zero-order valence-corrected chi connectivity index (χ0v) is 22.3. The first kappa shape index (κ1) is 27.2. The second-order valence-corrected chi connectivity index (χ2v) is 9.78. The number of carbonyl (C=O) groups is 3. The van der Waals surface area contributed by atoms with Crippen LogP contribution in [0.1, 0.15) is 59.7 Å². The van der Waals surface area contributed by atoms with Crippen molar-refractivity contribution in [1.82, 2.24) is 5.32 Å². The van der Waals surface area contributed by atoms with Crippen molar-refractivity contribution in [3.8, 4) is 0 Å². The Morgan fingerprint density at radius 1 is 0.895 bits per heavy atom. The number of nitrogens with one attached hydrogen (secondary N) is 3. The van der Waals surface area contributed by atoms with Crippen LogP contribution in [0.25, 0.3) is 0 Å². The number of rotatable bonds is 9. The fourth-order valence-electron chi connectivity index (χ4n) is 4.64. The van der Waals surface area contributed by atoms with Crippen LogP contribution in [0.5, 0.6) is 0 Å². The van der Waals surface area contributed by atoms with Crippen LogP contribution >= 0.6 is 11.6 Å². The topological polar surface area (TPSA) is 90.5 Å². The highest BCUT2D eigenvalue weighted by Crippen LogP contribution is 2.23. The number of amides is 3. The van der Waals surface area contributed by atoms with E-state index in [1.165, 1.54) is 6.42 Å². The molecule has 3 aromatic rings. The molecule has 0 radical (unpaired) electrons. The standard InChI is InChI=1S/C30H33ClN4O3/c1-2-35(25-14-7-4-8-15-25)30(38)21-10-9-13-23(18-21)32-20-28(36)33-24-16-17-27(31)26(19-24)29(37)34-22-11-5-3-6-12-22/h4,7-10,13-19,22,32H,2-3,5-6,11-12,20H2,1H3,(H,33,36)(H,34,37). The Hall–Kier alpha value is -3.84. The van der Waals surface area contributed by atoms with Gasteiger partial charge in [0.1, 0.15) is 0 Å². The summed E-state index contributed by atoms with van der Waals surface area (Å²) >= 11 is 6.28. The summed E-state index contributed by atoms with van der Waals surface area (Å²) in [6.45, 7) is 2.45. The van der Waals surface area contributed by atoms with E-state index in [-0.39, 0.29) is 30.3 Å². The lowest BCUT2D eigenvalue weighted by atomic mass is 9.95. The third kappa shape index (κ3) is 7.13. The molecular weight excluding hydrogens is 500 g/mol. The molecule has 0 aliphatic heterocycles. The third-order valence-electron chi connectivity index (χ3n) is 6.63. The maximum Gasteiger partial charge on any atom is 0.258 e. The smallest absolute Gasteiger partial charge is 0.258 e. The molecular formula is C30H33ClN4O3. The van der Waals surface area contributed by atoms with Crippen LogP contribution in [0.3, 0.4) is 0 Å². The number of anilines is 3. The summed E-state index contributed by atoms with van der Waals surface area (Å²) in [5, 5.41) is 9.28. The summed E-state index contributed by atoms with van der Waals surface area (Å²) in [6, 6.07) is 21.6. The zero-order valence-electron chi connectivity index (χ0n) is 21.5. The van der Waals surface area contributed by atoms with E-state index in [0.717, 1.165) is 31.4 Å². The highest BCUT2D eigenvalue weighted by Gasteiger charge is 2.19. The second kappa shape index (κ2) is 13.1. The van der Waals surface area contributed by atoms with E-state index in [1.54, 1.807) is 47.4 Å². The molecule has 0 bridgehead atoms. The minimum atomic E-state index is -0.290. The SMILES string of the molecule is CCN(C(=O)c1cccc(NCC(=O)Nc2ccc(Cl)c(C(=O)NC3CCCCC3)c2)c1)c1ccccc1. The van der Waals surface area contributed by atoms with Gasteiger partial charge in [-0.25, -0.2) is 0 Å². The maximum atomic E-state index is 13.1. The van der Waals surface area contributed by atoms with Crippen LogP contribution in [0, 0.1) is 0 Å². The molecule has 198 valence electrons. The van der Waals surface area contributed by atoms with Crippen molar-refractivity contribution in [1.29, 1.82) is 0 Å². The van der Waals surface area contributed by atoms with Crippen LogP contribution in [0.2, 0.25) is 5.02 Å². The van der Waals surface area contributed by atoms with Crippen molar-refractivity contribution in [3.63, 3.8) is 0 Å². The Bertz CT molecular complexity index is 1280. The first-order valence-corrected chi connectivity index (χ1v) is 13.4. The van der Waals surface area contributed by atoms with Crippen molar-refractivity contribution < 1.29 is 14.4 Å². The molecule has 1 fully saturated rings. The van der Waals surface area contributed by atoms with Gasteiger partial charge >= 0.3 is 0 Å². The van der Waals surface area contributed by atoms with Gasteiger partial charge in [0.2, 0.25) is 5.91 Å². The van der Waals surface area contributed by atoms with Gasteiger partial charge in [-0.1, -0.05) is 55.1 Å². The van der Waals surface area contributed by atoms with E-state index in [4.69, 9.17) is 11.6 Å². The van der Waals surface area contributed by atoms with E-state index < -0.39 is 0 Å². The summed E-state index contributed by atoms with van der Waals surface area (Å²) in [4.78, 5) is 40.2. The second-order valence-electron chi connectivity index (χ2n) is 9.37. The Balaban J connectivity index is 1.35. The molecule has 4 rings (SSSR count). The molecule has 3 N–H and O–H groups in total. The molecule has 7 nitrogen and oxygen atoms in total. The Morgan fingerprint density at radius 3 is 2.39 bits per heavy atom. The number of nitrogens with zero attached hydrogens (tertiary/aromatic N) is 1. The van der Waals surface area contributed by atoms with Gasteiger partial charge in [0.25, 0.3) is 11.8 Å². The van der Waals surface area contributed by atoms with Gasteiger partial charge in [-0.15, -0.1) is 0 Å². The normalized spacial score (nSPS) is 13.4. The summed E-state index contributed by atoms with van der Waals surface area (Å²) in [7, 11) is 0. The van der Waals surface area contributed by atoms with Gasteiger partial charge in [0.05, 0.1) is 17.1 Å². The molecule has 0 saturated heterocycles. The fourth-order valence-corrected chi connectivity index (χ4v) is 4.85. The molecule has 0 heterocycles. The maximum absolute atomic E-state index is 13.1. The monoisotopic (exact) mass is 532 g/mol. The van der Waals surface area contributed by atoms with Crippen LogP contribution in [0.15, 0.2) is 72.8 Å². The van der Waals surface area contributed by atoms with E-state index in [2.05, 4.69) is 16.0 Å². The van der Waals surface area contributed by atoms with Crippen LogP contribution in [-0.4, -0.2) is 36.9 Å². The molecule has 1 aliphatic rings. The van der Waals surface area contributed by atoms with Gasteiger partial charge in [-0.2, -0.15) is 0 Å². The summed E-state index contributed by atoms with van der Waals surface area (Å²) in [5.74, 6) is -0.636. The molecule has 38 heavy (non-hydrogen) atoms. The van der Waals surface area contributed by atoms with Gasteiger partial charge in [0, 0.05) is 35.2 Å². The van der Waals surface area contributed by atoms with Crippen molar-refractivity contribution in [2.24, 2.45) is 0 Å². The van der Waals surface area contributed by atoms with Crippen molar-refractivity contribution >= 4 is 46.4 Å². The zero-order chi connectivity index (χ0) is 26.9. The minimum absolute atomic E-state index is 0.0138. The fraction of sp³-hybridized carbons (Fsp3) is 0.300. The van der Waals surface area contributed by atoms with Crippen molar-refractivity contribution in [2.75, 3.05) is 28.6 Å². The van der Waals surface area contributed by atoms with E-state index >= 15 is 0 Å². The molecule has 0 atom stereocenters. The van der Waals surface area contributed by atoms with Gasteiger partial charge in [0.15, 0.2) is 0 Å². The first-order valence-electron chi connectivity index (χ1n) is 13.1. The number of carbonyl (C=O) groups excluding carboxylic acids is 3. The van der Waals surface area contributed by atoms with Gasteiger partial charge in [-0.3, -0.25) is 14.4 Å². The van der Waals surface area contributed by atoms with E-state index in [9.17, 15) is 14.4 Å². The average molecular weight is 533 g/mol. The molecule has 8 heteroatoms. The molecule has 0 spiro atoms. The first-order chi connectivity index (χ1) is 18.4. The number of para-hydroxylation sites is 1. The minimum Gasteiger partial charge on any atom is -0.376 e. The van der Waals surface area contributed by atoms with Crippen molar-refractivity contribution in [3.05, 3.63) is 88.9 Å². The van der Waals surface area contributed by atoms with Crippen molar-refractivity contribution in [2.45, 2.75) is 45.1 Å². The Kier molecular flexibility index (Phi) is 9.38. The number of benzene rings is 3. The van der Waals surface area contributed by atoms with Crippen LogP contribution < -0.4 is 20.9 Å².